The van der Waals surface area contributed by atoms with Crippen molar-refractivity contribution in [3.05, 3.63) is 36.5 Å². The Morgan fingerprint density at radius 3 is 2.85 bits per heavy atom. The number of allylic oxidation sites excluding steroid dienone is 2. The molecule has 3 nitrogen and oxygen atoms in total. The molecule has 0 radical (unpaired) electrons. The molecular weight excluding hydrogens is 336 g/mol. The maximum absolute atomic E-state index is 12.0. The maximum Gasteiger partial charge on any atom is 0.331 e. The highest BCUT2D eigenvalue weighted by molar-refractivity contribution is 5.91. The Bertz CT molecular complexity index is 821. The van der Waals surface area contributed by atoms with Crippen molar-refractivity contribution < 1.29 is 14.3 Å². The molecule has 1 aliphatic heterocycles. The summed E-state index contributed by atoms with van der Waals surface area (Å²) in [5.41, 5.74) is 1.10. The van der Waals surface area contributed by atoms with E-state index in [1.54, 1.807) is 6.08 Å². The van der Waals surface area contributed by atoms with E-state index in [1.807, 2.05) is 6.08 Å². The van der Waals surface area contributed by atoms with E-state index in [-0.39, 0.29) is 17.0 Å². The fourth-order valence-electron chi connectivity index (χ4n) is 8.46. The maximum atomic E-state index is 12.0. The van der Waals surface area contributed by atoms with Gasteiger partial charge in [0.05, 0.1) is 0 Å². The van der Waals surface area contributed by atoms with Gasteiger partial charge in [0.1, 0.15) is 5.60 Å². The second-order valence-electron chi connectivity index (χ2n) is 10.2. The van der Waals surface area contributed by atoms with E-state index in [2.05, 4.69) is 25.7 Å². The molecule has 4 fully saturated rings. The summed E-state index contributed by atoms with van der Waals surface area (Å²) in [7, 11) is 0. The van der Waals surface area contributed by atoms with Crippen LogP contribution in [0.25, 0.3) is 0 Å². The highest BCUT2D eigenvalue weighted by atomic mass is 16.6. The van der Waals surface area contributed by atoms with E-state index in [0.29, 0.717) is 53.6 Å². The van der Waals surface area contributed by atoms with Crippen LogP contribution >= 0.6 is 0 Å². The lowest BCUT2D eigenvalue weighted by molar-refractivity contribution is -0.169. The van der Waals surface area contributed by atoms with Gasteiger partial charge >= 0.3 is 5.97 Å². The summed E-state index contributed by atoms with van der Waals surface area (Å²) in [4.78, 5) is 24.0. The molecule has 0 N–H and O–H groups in total. The summed E-state index contributed by atoms with van der Waals surface area (Å²) in [6, 6.07) is 0. The topological polar surface area (TPSA) is 43.4 Å². The molecule has 142 valence electrons. The second-order valence-corrected chi connectivity index (χ2v) is 10.2. The van der Waals surface area contributed by atoms with E-state index in [0.717, 1.165) is 19.3 Å². The third-order valence-electron chi connectivity index (χ3n) is 9.43. The smallest absolute Gasteiger partial charge is 0.331 e. The van der Waals surface area contributed by atoms with Crippen LogP contribution in [0, 0.1) is 46.8 Å². The Morgan fingerprint density at radius 2 is 2.11 bits per heavy atom. The van der Waals surface area contributed by atoms with Crippen molar-refractivity contribution in [1.82, 2.24) is 0 Å². The number of hydrogen-bond acceptors (Lipinski definition) is 3. The lowest BCUT2D eigenvalue weighted by Gasteiger charge is -2.58. The molecule has 5 aliphatic carbocycles. The van der Waals surface area contributed by atoms with E-state index in [9.17, 15) is 9.59 Å². The molecule has 1 spiro atoms. The van der Waals surface area contributed by atoms with Gasteiger partial charge in [0.25, 0.3) is 0 Å². The van der Waals surface area contributed by atoms with Crippen LogP contribution in [-0.4, -0.2) is 17.4 Å². The Morgan fingerprint density at radius 1 is 1.26 bits per heavy atom. The van der Waals surface area contributed by atoms with Crippen LogP contribution in [0.4, 0.5) is 0 Å². The lowest BCUT2D eigenvalue weighted by atomic mass is 9.47. The fraction of sp³-hybridized carbons (Fsp3) is 0.667. The number of ether oxygens (including phenoxy) is 1. The van der Waals surface area contributed by atoms with Crippen molar-refractivity contribution in [3.63, 3.8) is 0 Å². The predicted molar refractivity (Wildman–Crippen MR) is 101 cm³/mol. The van der Waals surface area contributed by atoms with Crippen LogP contribution in [-0.2, 0) is 14.3 Å². The van der Waals surface area contributed by atoms with Crippen LogP contribution in [0.2, 0.25) is 0 Å². The lowest BCUT2D eigenvalue weighted by Crippen LogP contribution is -2.56. The molecule has 0 aromatic heterocycles. The van der Waals surface area contributed by atoms with Crippen molar-refractivity contribution in [2.75, 3.05) is 0 Å². The standard InChI is InChI=1S/C24H28O3/c1-3-13-10-14-11-15(25)4-5-16(14)17-6-8-23(2)22(21(13)17)18-12-19(18)24(23)9-7-20(26)27-24/h3,7,9,11,13,16-19,21-22H,1,4-6,8,10,12H2,2H3/t13-,16+,17?,18+,19-,21?,22?,23+,24+/m1/s1. The molecule has 0 aromatic carbocycles. The quantitative estimate of drug-likeness (QED) is 0.516. The minimum Gasteiger partial charge on any atom is -0.451 e. The predicted octanol–water partition coefficient (Wildman–Crippen LogP) is 4.25. The monoisotopic (exact) mass is 364 g/mol. The van der Waals surface area contributed by atoms with Crippen molar-refractivity contribution in [2.24, 2.45) is 46.8 Å². The zero-order chi connectivity index (χ0) is 18.6. The Kier molecular flexibility index (Phi) is 3.05. The highest BCUT2D eigenvalue weighted by Gasteiger charge is 2.78. The number of carbonyl (C=O) groups is 2. The largest absolute Gasteiger partial charge is 0.451 e. The summed E-state index contributed by atoms with van der Waals surface area (Å²) in [6.45, 7) is 6.60. The number of fused-ring (bicyclic) bond motifs is 9. The molecule has 6 aliphatic rings. The second kappa shape index (κ2) is 5.04. The molecule has 3 heteroatoms. The molecule has 6 rings (SSSR count). The summed E-state index contributed by atoms with van der Waals surface area (Å²) in [5, 5.41) is 0. The average Bonchev–Trinajstić information content (AvgIpc) is 3.29. The van der Waals surface area contributed by atoms with Crippen LogP contribution in [0.3, 0.4) is 0 Å². The Labute approximate surface area is 160 Å². The molecule has 0 aromatic rings. The summed E-state index contributed by atoms with van der Waals surface area (Å²) in [5.74, 6) is 4.31. The van der Waals surface area contributed by atoms with Crippen LogP contribution < -0.4 is 0 Å². The van der Waals surface area contributed by atoms with E-state index < -0.39 is 0 Å². The van der Waals surface area contributed by atoms with Gasteiger partial charge in [-0.25, -0.2) is 4.79 Å². The third kappa shape index (κ3) is 1.84. The molecule has 0 saturated heterocycles. The number of esters is 1. The molecule has 1 heterocycles. The Balaban J connectivity index is 1.43. The summed E-state index contributed by atoms with van der Waals surface area (Å²) >= 11 is 0. The van der Waals surface area contributed by atoms with Gasteiger partial charge in [-0.3, -0.25) is 4.79 Å². The van der Waals surface area contributed by atoms with Crippen molar-refractivity contribution in [1.29, 1.82) is 0 Å². The van der Waals surface area contributed by atoms with Gasteiger partial charge in [-0.05, 0) is 79.8 Å². The van der Waals surface area contributed by atoms with Gasteiger partial charge in [0.15, 0.2) is 5.78 Å². The SMILES string of the molecule is C=C[C@@H]1CC2=CC(=O)CC[C@@H]2C2CC[C@@]3(C)C(C21)[C@H]1C[C@H]1[C@@]31C=CC(=O)O1. The summed E-state index contributed by atoms with van der Waals surface area (Å²) < 4.78 is 6.07. The summed E-state index contributed by atoms with van der Waals surface area (Å²) in [6.07, 6.45) is 14.2. The first-order valence-corrected chi connectivity index (χ1v) is 10.8. The highest BCUT2D eigenvalue weighted by Crippen LogP contribution is 2.78. The third-order valence-corrected chi connectivity index (χ3v) is 9.43. The van der Waals surface area contributed by atoms with Gasteiger partial charge in [0, 0.05) is 23.8 Å². The molecule has 4 saturated carbocycles. The zero-order valence-electron chi connectivity index (χ0n) is 16.0. The molecule has 0 bridgehead atoms. The molecule has 0 amide bonds. The van der Waals surface area contributed by atoms with Gasteiger partial charge < -0.3 is 4.74 Å². The van der Waals surface area contributed by atoms with Gasteiger partial charge in [-0.2, -0.15) is 0 Å². The van der Waals surface area contributed by atoms with Crippen molar-refractivity contribution in [3.8, 4) is 0 Å². The molecular formula is C24H28O3. The first-order valence-electron chi connectivity index (χ1n) is 10.8. The van der Waals surface area contributed by atoms with Crippen LogP contribution in [0.1, 0.15) is 45.4 Å². The van der Waals surface area contributed by atoms with E-state index in [4.69, 9.17) is 4.74 Å². The first kappa shape index (κ1) is 16.3. The number of rotatable bonds is 1. The fourth-order valence-corrected chi connectivity index (χ4v) is 8.46. The number of carbonyl (C=O) groups excluding carboxylic acids is 2. The normalized spacial score (nSPS) is 54.6. The molecule has 3 unspecified atom stereocenters. The number of hydrogen-bond donors (Lipinski definition) is 0. The minimum atomic E-state index is -0.352. The molecule has 9 atom stereocenters. The van der Waals surface area contributed by atoms with E-state index >= 15 is 0 Å². The van der Waals surface area contributed by atoms with Gasteiger partial charge in [-0.1, -0.05) is 18.6 Å². The van der Waals surface area contributed by atoms with Crippen molar-refractivity contribution >= 4 is 11.8 Å². The average molecular weight is 364 g/mol. The van der Waals surface area contributed by atoms with Crippen molar-refractivity contribution in [2.45, 2.75) is 51.0 Å². The Hall–Kier alpha value is -1.64. The van der Waals surface area contributed by atoms with Gasteiger partial charge in [0.2, 0.25) is 0 Å². The van der Waals surface area contributed by atoms with Crippen LogP contribution in [0.5, 0.6) is 0 Å². The van der Waals surface area contributed by atoms with Crippen LogP contribution in [0.15, 0.2) is 36.5 Å². The first-order chi connectivity index (χ1) is 13.0. The minimum absolute atomic E-state index is 0.0530. The number of ketones is 1. The van der Waals surface area contributed by atoms with E-state index in [1.165, 1.54) is 18.4 Å². The van der Waals surface area contributed by atoms with Gasteiger partial charge in [-0.15, -0.1) is 6.58 Å². The zero-order valence-corrected chi connectivity index (χ0v) is 16.0. The molecule has 27 heavy (non-hydrogen) atoms.